The van der Waals surface area contributed by atoms with Crippen LogP contribution in [-0.4, -0.2) is 19.6 Å². The maximum absolute atomic E-state index is 12.0. The van der Waals surface area contributed by atoms with Crippen LogP contribution < -0.4 is 14.8 Å². The molecule has 2 rings (SSSR count). The summed E-state index contributed by atoms with van der Waals surface area (Å²) >= 11 is 9.71. The van der Waals surface area contributed by atoms with Gasteiger partial charge in [-0.15, -0.1) is 0 Å². The molecule has 0 radical (unpaired) electrons. The number of carbonyl (C=O) groups is 1. The molecular formula is C19H21BrClNO3. The third-order valence-electron chi connectivity index (χ3n) is 3.73. The molecule has 6 heteroatoms. The van der Waals surface area contributed by atoms with Crippen LogP contribution in [-0.2, 0) is 4.79 Å². The van der Waals surface area contributed by atoms with Crippen molar-refractivity contribution in [2.75, 3.05) is 19.0 Å². The van der Waals surface area contributed by atoms with Crippen molar-refractivity contribution in [3.8, 4) is 11.5 Å². The first-order valence-electron chi connectivity index (χ1n) is 7.94. The topological polar surface area (TPSA) is 47.6 Å². The van der Waals surface area contributed by atoms with Gasteiger partial charge in [0, 0.05) is 23.2 Å². The van der Waals surface area contributed by atoms with Crippen LogP contribution in [0.25, 0.3) is 0 Å². The third kappa shape index (κ3) is 5.38. The number of methoxy groups -OCH3 is 1. The van der Waals surface area contributed by atoms with Gasteiger partial charge in [-0.2, -0.15) is 0 Å². The predicted octanol–water partition coefficient (Wildman–Crippen LogP) is 5.53. The second kappa shape index (κ2) is 9.11. The van der Waals surface area contributed by atoms with Crippen molar-refractivity contribution in [3.05, 3.63) is 51.0 Å². The van der Waals surface area contributed by atoms with Crippen LogP contribution in [0.5, 0.6) is 11.5 Å². The van der Waals surface area contributed by atoms with E-state index < -0.39 is 0 Å². The van der Waals surface area contributed by atoms with E-state index in [0.717, 1.165) is 32.1 Å². The molecule has 0 fully saturated rings. The number of amides is 1. The molecule has 0 heterocycles. The maximum atomic E-state index is 12.0. The lowest BCUT2D eigenvalue weighted by atomic mass is 10.1. The van der Waals surface area contributed by atoms with Gasteiger partial charge in [-0.1, -0.05) is 17.7 Å². The molecule has 1 amide bonds. The number of ether oxygens (including phenoxy) is 2. The van der Waals surface area contributed by atoms with E-state index in [9.17, 15) is 4.79 Å². The molecule has 4 nitrogen and oxygen atoms in total. The predicted molar refractivity (Wildman–Crippen MR) is 105 cm³/mol. The molecule has 0 atom stereocenters. The number of hydrogen-bond donors (Lipinski definition) is 1. The van der Waals surface area contributed by atoms with Gasteiger partial charge in [0.05, 0.1) is 18.2 Å². The minimum absolute atomic E-state index is 0.0561. The number of anilines is 1. The summed E-state index contributed by atoms with van der Waals surface area (Å²) < 4.78 is 11.8. The molecule has 25 heavy (non-hydrogen) atoms. The minimum Gasteiger partial charge on any atom is -0.497 e. The Morgan fingerprint density at radius 3 is 2.76 bits per heavy atom. The Balaban J connectivity index is 1.82. The number of carbonyl (C=O) groups excluding carboxylic acids is 1. The molecule has 2 aromatic rings. The molecule has 0 aromatic heterocycles. The number of nitrogens with one attached hydrogen (secondary N) is 1. The Morgan fingerprint density at radius 1 is 1.28 bits per heavy atom. The molecule has 0 unspecified atom stereocenters. The summed E-state index contributed by atoms with van der Waals surface area (Å²) in [5.41, 5.74) is 2.64. The Hall–Kier alpha value is -1.72. The summed E-state index contributed by atoms with van der Waals surface area (Å²) in [5.74, 6) is 1.39. The Kier molecular flexibility index (Phi) is 7.14. The van der Waals surface area contributed by atoms with Gasteiger partial charge in [-0.25, -0.2) is 0 Å². The SMILES string of the molecule is COc1cccc(NC(=O)CCCOc2cc(C)c(Cl)c(C)c2Br)c1. The van der Waals surface area contributed by atoms with Crippen LogP contribution in [0, 0.1) is 13.8 Å². The van der Waals surface area contributed by atoms with Crippen LogP contribution in [0.3, 0.4) is 0 Å². The van der Waals surface area contributed by atoms with Gasteiger partial charge in [-0.3, -0.25) is 4.79 Å². The van der Waals surface area contributed by atoms with E-state index in [1.165, 1.54) is 0 Å². The van der Waals surface area contributed by atoms with Crippen LogP contribution in [0.15, 0.2) is 34.8 Å². The smallest absolute Gasteiger partial charge is 0.224 e. The number of benzene rings is 2. The number of halogens is 2. The van der Waals surface area contributed by atoms with Gasteiger partial charge in [0.1, 0.15) is 11.5 Å². The van der Waals surface area contributed by atoms with Gasteiger partial charge in [0.15, 0.2) is 0 Å². The molecule has 2 aromatic carbocycles. The maximum Gasteiger partial charge on any atom is 0.224 e. The van der Waals surface area contributed by atoms with E-state index in [1.807, 2.05) is 38.1 Å². The van der Waals surface area contributed by atoms with E-state index in [0.29, 0.717) is 25.2 Å². The molecule has 134 valence electrons. The van der Waals surface area contributed by atoms with Crippen molar-refractivity contribution in [2.24, 2.45) is 0 Å². The van der Waals surface area contributed by atoms with E-state index in [4.69, 9.17) is 21.1 Å². The first kappa shape index (κ1) is 19.6. The fourth-order valence-electron chi connectivity index (χ4n) is 2.34. The average Bonchev–Trinajstić information content (AvgIpc) is 2.61. The van der Waals surface area contributed by atoms with Crippen molar-refractivity contribution in [1.82, 2.24) is 0 Å². The monoisotopic (exact) mass is 425 g/mol. The van der Waals surface area contributed by atoms with Crippen molar-refractivity contribution >= 4 is 39.1 Å². The van der Waals surface area contributed by atoms with Crippen molar-refractivity contribution in [1.29, 1.82) is 0 Å². The van der Waals surface area contributed by atoms with Gasteiger partial charge >= 0.3 is 0 Å². The highest BCUT2D eigenvalue weighted by atomic mass is 79.9. The third-order valence-corrected chi connectivity index (χ3v) is 5.29. The highest BCUT2D eigenvalue weighted by molar-refractivity contribution is 9.10. The summed E-state index contributed by atoms with van der Waals surface area (Å²) in [4.78, 5) is 12.0. The zero-order valence-electron chi connectivity index (χ0n) is 14.5. The zero-order valence-corrected chi connectivity index (χ0v) is 16.8. The Morgan fingerprint density at radius 2 is 2.04 bits per heavy atom. The summed E-state index contributed by atoms with van der Waals surface area (Å²) in [7, 11) is 1.59. The molecule has 0 spiro atoms. The Bertz CT molecular complexity index is 765. The summed E-state index contributed by atoms with van der Waals surface area (Å²) in [5, 5.41) is 3.58. The van der Waals surface area contributed by atoms with E-state index in [2.05, 4.69) is 21.2 Å². The minimum atomic E-state index is -0.0561. The molecule has 0 aliphatic carbocycles. The fourth-order valence-corrected chi connectivity index (χ4v) is 3.03. The lowest BCUT2D eigenvalue weighted by Crippen LogP contribution is -2.13. The highest BCUT2D eigenvalue weighted by Gasteiger charge is 2.11. The molecule has 0 aliphatic heterocycles. The van der Waals surface area contributed by atoms with E-state index in [1.54, 1.807) is 13.2 Å². The van der Waals surface area contributed by atoms with Gasteiger partial charge in [0.25, 0.3) is 0 Å². The molecule has 0 aliphatic rings. The lowest BCUT2D eigenvalue weighted by Gasteiger charge is -2.13. The zero-order chi connectivity index (χ0) is 18.4. The summed E-state index contributed by atoms with van der Waals surface area (Å²) in [6.07, 6.45) is 0.989. The highest BCUT2D eigenvalue weighted by Crippen LogP contribution is 2.35. The Labute approximate surface area is 161 Å². The second-order valence-electron chi connectivity index (χ2n) is 5.68. The second-order valence-corrected chi connectivity index (χ2v) is 6.85. The largest absolute Gasteiger partial charge is 0.497 e. The van der Waals surface area contributed by atoms with Gasteiger partial charge < -0.3 is 14.8 Å². The van der Waals surface area contributed by atoms with E-state index >= 15 is 0 Å². The molecular weight excluding hydrogens is 406 g/mol. The average molecular weight is 427 g/mol. The number of hydrogen-bond acceptors (Lipinski definition) is 3. The van der Waals surface area contributed by atoms with Crippen LogP contribution in [0.4, 0.5) is 5.69 Å². The van der Waals surface area contributed by atoms with Crippen molar-refractivity contribution in [2.45, 2.75) is 26.7 Å². The van der Waals surface area contributed by atoms with Gasteiger partial charge in [0.2, 0.25) is 5.91 Å². The van der Waals surface area contributed by atoms with Crippen LogP contribution in [0.2, 0.25) is 5.02 Å². The fraction of sp³-hybridized carbons (Fsp3) is 0.316. The quantitative estimate of drug-likeness (QED) is 0.593. The first-order valence-corrected chi connectivity index (χ1v) is 9.11. The molecule has 0 saturated heterocycles. The number of rotatable bonds is 7. The van der Waals surface area contributed by atoms with Crippen LogP contribution in [0.1, 0.15) is 24.0 Å². The van der Waals surface area contributed by atoms with E-state index in [-0.39, 0.29) is 5.91 Å². The molecule has 0 bridgehead atoms. The standard InChI is InChI=1S/C19H21BrClNO3/c1-12-10-16(18(20)13(2)19(12)21)25-9-5-8-17(23)22-14-6-4-7-15(11-14)24-3/h4,6-7,10-11H,5,8-9H2,1-3H3,(H,22,23). The number of aryl methyl sites for hydroxylation is 1. The van der Waals surface area contributed by atoms with Crippen molar-refractivity contribution < 1.29 is 14.3 Å². The lowest BCUT2D eigenvalue weighted by molar-refractivity contribution is -0.116. The summed E-state index contributed by atoms with van der Waals surface area (Å²) in [6, 6.07) is 9.17. The molecule has 0 saturated carbocycles. The summed E-state index contributed by atoms with van der Waals surface area (Å²) in [6.45, 7) is 4.33. The van der Waals surface area contributed by atoms with Gasteiger partial charge in [-0.05, 0) is 65.5 Å². The van der Waals surface area contributed by atoms with Crippen molar-refractivity contribution in [3.63, 3.8) is 0 Å². The van der Waals surface area contributed by atoms with Crippen LogP contribution >= 0.6 is 27.5 Å². The normalized spacial score (nSPS) is 10.4. The molecule has 1 N–H and O–H groups in total. The first-order chi connectivity index (χ1) is 11.9.